The second-order valence-electron chi connectivity index (χ2n) is 7.49. The molecule has 138 valence electrons. The molecule has 1 aromatic rings. The lowest BCUT2D eigenvalue weighted by Gasteiger charge is -2.36. The molecule has 0 spiro atoms. The number of anilines is 1. The zero-order valence-corrected chi connectivity index (χ0v) is 16.5. The van der Waals surface area contributed by atoms with Gasteiger partial charge in [0.15, 0.2) is 0 Å². The lowest BCUT2D eigenvalue weighted by molar-refractivity contribution is -0.125. The summed E-state index contributed by atoms with van der Waals surface area (Å²) in [7, 11) is 0. The SMILES string of the molecule is Cc1cccc(N2CCN(CCCNC(=O)[C@]3(C)CC3(Cl)Cl)CC2)c1. The third-order valence-electron chi connectivity index (χ3n) is 5.43. The second-order valence-corrected chi connectivity index (χ2v) is 8.97. The van der Waals surface area contributed by atoms with Crippen LogP contribution < -0.4 is 10.2 Å². The minimum absolute atomic E-state index is 0.0261. The summed E-state index contributed by atoms with van der Waals surface area (Å²) in [6.45, 7) is 9.87. The van der Waals surface area contributed by atoms with E-state index in [-0.39, 0.29) is 5.91 Å². The number of hydrogen-bond donors (Lipinski definition) is 1. The van der Waals surface area contributed by atoms with E-state index in [2.05, 4.69) is 46.3 Å². The molecule has 4 nitrogen and oxygen atoms in total. The van der Waals surface area contributed by atoms with Gasteiger partial charge in [0.2, 0.25) is 5.91 Å². The van der Waals surface area contributed by atoms with E-state index in [0.29, 0.717) is 13.0 Å². The van der Waals surface area contributed by atoms with Crippen LogP contribution in [0, 0.1) is 12.3 Å². The molecule has 6 heteroatoms. The minimum atomic E-state index is -0.886. The van der Waals surface area contributed by atoms with E-state index in [9.17, 15) is 4.79 Å². The molecule has 0 unspecified atom stereocenters. The third kappa shape index (κ3) is 4.24. The normalized spacial score (nSPS) is 25.7. The van der Waals surface area contributed by atoms with Gasteiger partial charge in [0.25, 0.3) is 0 Å². The average molecular weight is 384 g/mol. The van der Waals surface area contributed by atoms with E-state index in [1.807, 2.05) is 6.92 Å². The number of nitrogens with one attached hydrogen (secondary N) is 1. The first-order valence-corrected chi connectivity index (χ1v) is 9.77. The van der Waals surface area contributed by atoms with Crippen LogP contribution in [0.1, 0.15) is 25.3 Å². The molecule has 1 N–H and O–H groups in total. The zero-order valence-electron chi connectivity index (χ0n) is 15.0. The molecule has 25 heavy (non-hydrogen) atoms. The fourth-order valence-corrected chi connectivity index (χ4v) is 4.11. The van der Waals surface area contributed by atoms with Crippen molar-refractivity contribution in [2.45, 2.75) is 31.0 Å². The summed E-state index contributed by atoms with van der Waals surface area (Å²) in [6, 6.07) is 8.69. The first kappa shape index (κ1) is 18.8. The number of carbonyl (C=O) groups is 1. The molecule has 1 saturated carbocycles. The van der Waals surface area contributed by atoms with E-state index < -0.39 is 9.75 Å². The Bertz CT molecular complexity index is 629. The van der Waals surface area contributed by atoms with Crippen LogP contribution in [0.25, 0.3) is 0 Å². The Morgan fingerprint density at radius 1 is 1.24 bits per heavy atom. The summed E-state index contributed by atoms with van der Waals surface area (Å²) in [4.78, 5) is 17.0. The fraction of sp³-hybridized carbons (Fsp3) is 0.632. The van der Waals surface area contributed by atoms with Gasteiger partial charge in [-0.1, -0.05) is 12.1 Å². The lowest BCUT2D eigenvalue weighted by atomic mass is 10.1. The molecule has 1 atom stereocenters. The van der Waals surface area contributed by atoms with Crippen molar-refractivity contribution < 1.29 is 4.79 Å². The van der Waals surface area contributed by atoms with Gasteiger partial charge >= 0.3 is 0 Å². The standard InChI is InChI=1S/C19H27Cl2N3O/c1-15-5-3-6-16(13-15)24-11-9-23(10-12-24)8-4-7-22-17(25)18(2)14-19(18,20)21/h3,5-6,13H,4,7-12,14H2,1-2H3,(H,22,25)/t18-/m0/s1. The van der Waals surface area contributed by atoms with Crippen LogP contribution in [0.4, 0.5) is 5.69 Å². The van der Waals surface area contributed by atoms with Gasteiger partial charge in [-0.25, -0.2) is 0 Å². The molecule has 1 amide bonds. The maximum absolute atomic E-state index is 12.1. The Labute approximate surface area is 160 Å². The van der Waals surface area contributed by atoms with Crippen molar-refractivity contribution in [3.8, 4) is 0 Å². The molecule has 2 aliphatic rings. The molecular weight excluding hydrogens is 357 g/mol. The highest BCUT2D eigenvalue weighted by Crippen LogP contribution is 2.63. The van der Waals surface area contributed by atoms with Crippen molar-refractivity contribution in [3.05, 3.63) is 29.8 Å². The number of aryl methyl sites for hydroxylation is 1. The highest BCUT2D eigenvalue weighted by atomic mass is 35.5. The number of hydrogen-bond acceptors (Lipinski definition) is 3. The first-order chi connectivity index (χ1) is 11.8. The Hall–Kier alpha value is -0.970. The zero-order chi connectivity index (χ0) is 18.1. The van der Waals surface area contributed by atoms with Crippen molar-refractivity contribution in [1.29, 1.82) is 0 Å². The van der Waals surface area contributed by atoms with Gasteiger partial charge in [-0.2, -0.15) is 0 Å². The number of benzene rings is 1. The van der Waals surface area contributed by atoms with E-state index >= 15 is 0 Å². The number of nitrogens with zero attached hydrogens (tertiary/aromatic N) is 2. The smallest absolute Gasteiger partial charge is 0.229 e. The topological polar surface area (TPSA) is 35.6 Å². The third-order valence-corrected chi connectivity index (χ3v) is 6.54. The van der Waals surface area contributed by atoms with Crippen molar-refractivity contribution in [1.82, 2.24) is 10.2 Å². The molecular formula is C19H27Cl2N3O. The van der Waals surface area contributed by atoms with Crippen LogP contribution >= 0.6 is 23.2 Å². The Kier molecular flexibility index (Phi) is 5.52. The van der Waals surface area contributed by atoms with Gasteiger partial charge in [0.05, 0.1) is 5.41 Å². The van der Waals surface area contributed by atoms with E-state index in [1.54, 1.807) is 0 Å². The van der Waals surface area contributed by atoms with E-state index in [1.165, 1.54) is 11.3 Å². The van der Waals surface area contributed by atoms with Crippen LogP contribution in [0.2, 0.25) is 0 Å². The van der Waals surface area contributed by atoms with Crippen molar-refractivity contribution in [2.75, 3.05) is 44.2 Å². The van der Waals surface area contributed by atoms with Gasteiger partial charge in [-0.3, -0.25) is 9.69 Å². The quantitative estimate of drug-likeness (QED) is 0.604. The fourth-order valence-electron chi connectivity index (χ4n) is 3.40. The largest absolute Gasteiger partial charge is 0.369 e. The van der Waals surface area contributed by atoms with Gasteiger partial charge in [0.1, 0.15) is 4.33 Å². The summed E-state index contributed by atoms with van der Waals surface area (Å²) in [6.07, 6.45) is 1.49. The van der Waals surface area contributed by atoms with Crippen LogP contribution in [0.5, 0.6) is 0 Å². The second kappa shape index (κ2) is 7.34. The monoisotopic (exact) mass is 383 g/mol. The highest BCUT2D eigenvalue weighted by molar-refractivity contribution is 6.53. The van der Waals surface area contributed by atoms with Gasteiger partial charge in [-0.15, -0.1) is 23.2 Å². The van der Waals surface area contributed by atoms with Crippen LogP contribution in [-0.4, -0.2) is 54.4 Å². The maximum Gasteiger partial charge on any atom is 0.229 e. The van der Waals surface area contributed by atoms with Crippen LogP contribution in [0.15, 0.2) is 24.3 Å². The van der Waals surface area contributed by atoms with Crippen LogP contribution in [0.3, 0.4) is 0 Å². The number of amides is 1. The average Bonchev–Trinajstić information content (AvgIpc) is 3.11. The predicted molar refractivity (Wildman–Crippen MR) is 105 cm³/mol. The van der Waals surface area contributed by atoms with Crippen molar-refractivity contribution in [3.63, 3.8) is 0 Å². The molecule has 1 saturated heterocycles. The minimum Gasteiger partial charge on any atom is -0.369 e. The number of rotatable bonds is 6. The molecule has 1 aliphatic heterocycles. The summed E-state index contributed by atoms with van der Waals surface area (Å²) >= 11 is 12.1. The van der Waals surface area contributed by atoms with Crippen LogP contribution in [-0.2, 0) is 4.79 Å². The highest BCUT2D eigenvalue weighted by Gasteiger charge is 2.67. The maximum atomic E-state index is 12.1. The van der Waals surface area contributed by atoms with Gasteiger partial charge in [-0.05, 0) is 50.9 Å². The lowest BCUT2D eigenvalue weighted by Crippen LogP contribution is -2.47. The molecule has 0 radical (unpaired) electrons. The predicted octanol–water partition coefficient (Wildman–Crippen LogP) is 3.21. The Morgan fingerprint density at radius 3 is 2.52 bits per heavy atom. The molecule has 1 aliphatic carbocycles. The van der Waals surface area contributed by atoms with E-state index in [0.717, 1.165) is 39.1 Å². The molecule has 1 heterocycles. The number of alkyl halides is 2. The summed E-state index contributed by atoms with van der Waals surface area (Å²) < 4.78 is -0.886. The number of carbonyl (C=O) groups excluding carboxylic acids is 1. The molecule has 2 fully saturated rings. The van der Waals surface area contributed by atoms with Gasteiger partial charge in [0, 0.05) is 38.4 Å². The summed E-state index contributed by atoms with van der Waals surface area (Å²) in [5, 5.41) is 2.98. The first-order valence-electron chi connectivity index (χ1n) is 9.02. The molecule has 0 bridgehead atoms. The summed E-state index contributed by atoms with van der Waals surface area (Å²) in [5.74, 6) is -0.0261. The van der Waals surface area contributed by atoms with Crippen molar-refractivity contribution in [2.24, 2.45) is 5.41 Å². The molecule has 3 rings (SSSR count). The van der Waals surface area contributed by atoms with Gasteiger partial charge < -0.3 is 10.2 Å². The van der Waals surface area contributed by atoms with E-state index in [4.69, 9.17) is 23.2 Å². The summed E-state index contributed by atoms with van der Waals surface area (Å²) in [5.41, 5.74) is 2.00. The Morgan fingerprint density at radius 2 is 1.92 bits per heavy atom. The molecule has 1 aromatic carbocycles. The number of halogens is 2. The Balaban J connectivity index is 1.34. The van der Waals surface area contributed by atoms with Crippen molar-refractivity contribution >= 4 is 34.8 Å². The molecule has 0 aromatic heterocycles. The number of piperazine rings is 1.